The van der Waals surface area contributed by atoms with Gasteiger partial charge in [0.05, 0.1) is 9.52 Å². The summed E-state index contributed by atoms with van der Waals surface area (Å²) in [6.07, 6.45) is 2.35. The van der Waals surface area contributed by atoms with E-state index in [0.29, 0.717) is 0 Å². The Balaban J connectivity index is 1.91. The van der Waals surface area contributed by atoms with E-state index >= 15 is 0 Å². The molecule has 0 radical (unpaired) electrons. The molecule has 0 N–H and O–H groups in total. The molecule has 2 aliphatic rings. The summed E-state index contributed by atoms with van der Waals surface area (Å²) in [6.45, 7) is 14.7. The molecular formula is C16H36N4Si2. The Bertz CT molecular complexity index is 326. The molecule has 0 aromatic carbocycles. The predicted octanol–water partition coefficient (Wildman–Crippen LogP) is -0.598. The first kappa shape index (κ1) is 18.4. The van der Waals surface area contributed by atoms with E-state index in [2.05, 4.69) is 53.6 Å². The Morgan fingerprint density at radius 3 is 1.77 bits per heavy atom. The minimum Gasteiger partial charge on any atom is -0.304 e. The molecule has 6 heteroatoms. The molecule has 0 aliphatic carbocycles. The summed E-state index contributed by atoms with van der Waals surface area (Å²) in [4.78, 5) is 10.6. The Hall–Kier alpha value is 0.0138. The minimum atomic E-state index is -0.0146. The van der Waals surface area contributed by atoms with Crippen molar-refractivity contribution >= 4 is 19.0 Å². The van der Waals surface area contributed by atoms with E-state index in [0.717, 1.165) is 5.79 Å². The smallest absolute Gasteiger partial charge is 0.0564 e. The van der Waals surface area contributed by atoms with Gasteiger partial charge >= 0.3 is 0 Å². The van der Waals surface area contributed by atoms with Crippen molar-refractivity contribution < 1.29 is 0 Å². The second-order valence-corrected chi connectivity index (χ2v) is 12.9. The SMILES string of the molecule is CC=C(C)[SiH2]C[SiH2]C(N1CCN(C)CC1)N1CCN(C)CC1. The van der Waals surface area contributed by atoms with Gasteiger partial charge in [-0.15, -0.1) is 0 Å². The molecule has 22 heavy (non-hydrogen) atoms. The van der Waals surface area contributed by atoms with E-state index in [4.69, 9.17) is 0 Å². The van der Waals surface area contributed by atoms with Gasteiger partial charge in [0, 0.05) is 67.7 Å². The highest BCUT2D eigenvalue weighted by atomic mass is 28.3. The largest absolute Gasteiger partial charge is 0.304 e. The minimum absolute atomic E-state index is 0.0146. The molecule has 2 rings (SSSR count). The molecule has 0 aromatic heterocycles. The lowest BCUT2D eigenvalue weighted by atomic mass is 10.3. The predicted molar refractivity (Wildman–Crippen MR) is 103 cm³/mol. The van der Waals surface area contributed by atoms with Gasteiger partial charge < -0.3 is 9.80 Å². The Morgan fingerprint density at radius 1 is 0.909 bits per heavy atom. The molecule has 2 heterocycles. The molecule has 0 unspecified atom stereocenters. The van der Waals surface area contributed by atoms with E-state index in [1.54, 1.807) is 10.9 Å². The summed E-state index contributed by atoms with van der Waals surface area (Å²) in [5.74, 6) is 0.833. The zero-order valence-corrected chi connectivity index (χ0v) is 18.1. The Labute approximate surface area is 142 Å². The first-order valence-corrected chi connectivity index (χ1v) is 12.6. The van der Waals surface area contributed by atoms with Crippen LogP contribution in [0.5, 0.6) is 0 Å². The fourth-order valence-electron chi connectivity index (χ4n) is 3.54. The quantitative estimate of drug-likeness (QED) is 0.599. The van der Waals surface area contributed by atoms with Crippen molar-refractivity contribution in [2.45, 2.75) is 25.3 Å². The van der Waals surface area contributed by atoms with Crippen LogP contribution in [0.15, 0.2) is 11.3 Å². The van der Waals surface area contributed by atoms with Crippen molar-refractivity contribution in [3.05, 3.63) is 11.3 Å². The highest BCUT2D eigenvalue weighted by Gasteiger charge is 2.29. The summed E-state index contributed by atoms with van der Waals surface area (Å²) >= 11 is 0. The van der Waals surface area contributed by atoms with Crippen LogP contribution >= 0.6 is 0 Å². The van der Waals surface area contributed by atoms with Crippen molar-refractivity contribution in [2.75, 3.05) is 66.5 Å². The fraction of sp³-hybridized carbons (Fsp3) is 0.875. The number of hydrogen-bond donors (Lipinski definition) is 0. The van der Waals surface area contributed by atoms with Crippen molar-refractivity contribution in [1.29, 1.82) is 0 Å². The number of piperazine rings is 2. The van der Waals surface area contributed by atoms with Crippen molar-refractivity contribution in [1.82, 2.24) is 19.6 Å². The molecule has 0 amide bonds. The van der Waals surface area contributed by atoms with E-state index < -0.39 is 0 Å². The standard InChI is InChI=1S/C16H36N4Si2/c1-5-15(2)21-14-22-16(19-10-6-17(3)7-11-19)20-12-8-18(4)9-13-20/h5,16H,6-14,21-22H2,1-4H3. The van der Waals surface area contributed by atoms with Crippen LogP contribution in [-0.4, -0.2) is 111 Å². The van der Waals surface area contributed by atoms with E-state index in [9.17, 15) is 0 Å². The van der Waals surface area contributed by atoms with Gasteiger partial charge in [-0.1, -0.05) is 16.9 Å². The molecule has 0 bridgehead atoms. The van der Waals surface area contributed by atoms with Crippen molar-refractivity contribution in [2.24, 2.45) is 0 Å². The van der Waals surface area contributed by atoms with Gasteiger partial charge in [0.1, 0.15) is 0 Å². The van der Waals surface area contributed by atoms with E-state index in [1.165, 1.54) is 52.4 Å². The molecule has 4 nitrogen and oxygen atoms in total. The molecule has 0 saturated carbocycles. The van der Waals surface area contributed by atoms with Gasteiger partial charge in [-0.25, -0.2) is 0 Å². The second kappa shape index (κ2) is 9.34. The van der Waals surface area contributed by atoms with Gasteiger partial charge in [-0.3, -0.25) is 9.80 Å². The van der Waals surface area contributed by atoms with Crippen LogP contribution in [0, 0.1) is 0 Å². The molecule has 0 aromatic rings. The lowest BCUT2D eigenvalue weighted by Gasteiger charge is -2.46. The molecule has 0 atom stereocenters. The van der Waals surface area contributed by atoms with Crippen LogP contribution < -0.4 is 0 Å². The monoisotopic (exact) mass is 340 g/mol. The lowest BCUT2D eigenvalue weighted by molar-refractivity contribution is 0.0313. The molecule has 0 spiro atoms. The van der Waals surface area contributed by atoms with Gasteiger partial charge in [-0.05, 0) is 27.9 Å². The zero-order chi connectivity index (χ0) is 15.9. The second-order valence-electron chi connectivity index (χ2n) is 7.19. The van der Waals surface area contributed by atoms with E-state index in [1.807, 2.05) is 0 Å². The number of hydrogen-bond acceptors (Lipinski definition) is 4. The maximum Gasteiger partial charge on any atom is 0.0564 e. The van der Waals surface area contributed by atoms with Crippen LogP contribution in [0.2, 0.25) is 5.67 Å². The third kappa shape index (κ3) is 5.58. The average Bonchev–Trinajstić information content (AvgIpc) is 2.53. The van der Waals surface area contributed by atoms with Crippen molar-refractivity contribution in [3.8, 4) is 0 Å². The third-order valence-corrected chi connectivity index (χ3v) is 11.2. The maximum atomic E-state index is 2.83. The maximum absolute atomic E-state index is 2.83. The number of allylic oxidation sites excluding steroid dienone is 2. The fourth-order valence-corrected chi connectivity index (χ4v) is 9.80. The van der Waals surface area contributed by atoms with Gasteiger partial charge in [0.2, 0.25) is 0 Å². The number of likely N-dealkylation sites (N-methyl/N-ethyl adjacent to an activating group) is 2. The lowest BCUT2D eigenvalue weighted by Crippen LogP contribution is -2.61. The summed E-state index contributed by atoms with van der Waals surface area (Å²) in [5.41, 5.74) is 1.60. The topological polar surface area (TPSA) is 13.0 Å². The number of nitrogens with zero attached hydrogens (tertiary/aromatic N) is 4. The molecule has 2 fully saturated rings. The van der Waals surface area contributed by atoms with Crippen molar-refractivity contribution in [3.63, 3.8) is 0 Å². The first-order chi connectivity index (χ1) is 10.6. The molecule has 2 aliphatic heterocycles. The summed E-state index contributed by atoms with van der Waals surface area (Å²) < 4.78 is 0. The van der Waals surface area contributed by atoms with Crippen LogP contribution in [0.1, 0.15) is 13.8 Å². The summed E-state index contributed by atoms with van der Waals surface area (Å²) in [7, 11) is 4.57. The summed E-state index contributed by atoms with van der Waals surface area (Å²) in [5, 5.41) is 1.71. The van der Waals surface area contributed by atoms with Crippen LogP contribution in [0.4, 0.5) is 0 Å². The number of rotatable bonds is 6. The van der Waals surface area contributed by atoms with Gasteiger partial charge in [0.25, 0.3) is 0 Å². The zero-order valence-electron chi connectivity index (χ0n) is 15.2. The molecule has 128 valence electrons. The van der Waals surface area contributed by atoms with E-state index in [-0.39, 0.29) is 19.0 Å². The highest BCUT2D eigenvalue weighted by Crippen LogP contribution is 2.13. The van der Waals surface area contributed by atoms with Gasteiger partial charge in [0.15, 0.2) is 0 Å². The van der Waals surface area contributed by atoms with Crippen LogP contribution in [0.25, 0.3) is 0 Å². The highest BCUT2D eigenvalue weighted by molar-refractivity contribution is 6.61. The first-order valence-electron chi connectivity index (χ1n) is 9.07. The summed E-state index contributed by atoms with van der Waals surface area (Å²) in [6, 6.07) is 0. The Kier molecular flexibility index (Phi) is 7.80. The average molecular weight is 341 g/mol. The molecule has 2 saturated heterocycles. The normalized spacial score (nSPS) is 25.4. The molecular weight excluding hydrogens is 304 g/mol. The Morgan fingerprint density at radius 2 is 1.36 bits per heavy atom. The van der Waals surface area contributed by atoms with Gasteiger partial charge in [-0.2, -0.15) is 0 Å². The van der Waals surface area contributed by atoms with Crippen LogP contribution in [0.3, 0.4) is 0 Å². The third-order valence-electron chi connectivity index (χ3n) is 5.44. The van der Waals surface area contributed by atoms with Crippen LogP contribution in [-0.2, 0) is 0 Å².